The average Bonchev–Trinajstić information content (AvgIpc) is 2.16. The van der Waals surface area contributed by atoms with E-state index in [-0.39, 0.29) is 6.54 Å². The summed E-state index contributed by atoms with van der Waals surface area (Å²) in [5, 5.41) is 8.88. The molecule has 0 heterocycles. The Kier molecular flexibility index (Phi) is 3.13. The second-order valence-corrected chi connectivity index (χ2v) is 3.21. The lowest BCUT2D eigenvalue weighted by Crippen LogP contribution is -2.30. The van der Waals surface area contributed by atoms with Gasteiger partial charge in [0.05, 0.1) is 17.8 Å². The molecule has 0 spiro atoms. The number of nitrogens with two attached hydrogens (primary N) is 2. The highest BCUT2D eigenvalue weighted by molar-refractivity contribution is 5.80. The molecule has 0 radical (unpaired) electrons. The molecular formula is C10H12N4O. The number of amides is 1. The summed E-state index contributed by atoms with van der Waals surface area (Å²) in [6, 6.07) is 6.94. The minimum atomic E-state index is -0.446. The van der Waals surface area contributed by atoms with Gasteiger partial charge >= 0.3 is 0 Å². The highest BCUT2D eigenvalue weighted by Crippen LogP contribution is 2.20. The third-order valence-electron chi connectivity index (χ3n) is 1.95. The highest BCUT2D eigenvalue weighted by atomic mass is 16.1. The third-order valence-corrected chi connectivity index (χ3v) is 1.95. The summed E-state index contributed by atoms with van der Waals surface area (Å²) in [5.41, 5.74) is 12.2. The summed E-state index contributed by atoms with van der Waals surface area (Å²) in [6.07, 6.45) is 0. The minimum Gasteiger partial charge on any atom is -0.399 e. The molecule has 78 valence electrons. The number of likely N-dealkylation sites (N-methyl/N-ethyl adjacent to an activating group) is 1. The van der Waals surface area contributed by atoms with Gasteiger partial charge in [-0.15, -0.1) is 0 Å². The fourth-order valence-electron chi connectivity index (χ4n) is 1.30. The van der Waals surface area contributed by atoms with Gasteiger partial charge in [-0.1, -0.05) is 0 Å². The van der Waals surface area contributed by atoms with E-state index in [0.29, 0.717) is 16.9 Å². The van der Waals surface area contributed by atoms with Crippen molar-refractivity contribution in [3.05, 3.63) is 23.8 Å². The van der Waals surface area contributed by atoms with Crippen molar-refractivity contribution in [2.24, 2.45) is 5.73 Å². The van der Waals surface area contributed by atoms with Gasteiger partial charge in [-0.3, -0.25) is 4.79 Å². The Bertz CT molecular complexity index is 422. The first-order valence-electron chi connectivity index (χ1n) is 4.33. The van der Waals surface area contributed by atoms with Crippen molar-refractivity contribution in [1.29, 1.82) is 5.26 Å². The Balaban J connectivity index is 3.04. The normalized spacial score (nSPS) is 9.33. The lowest BCUT2D eigenvalue weighted by Gasteiger charge is -2.18. The maximum Gasteiger partial charge on any atom is 0.236 e. The first kappa shape index (κ1) is 10.9. The van der Waals surface area contributed by atoms with Crippen LogP contribution in [-0.4, -0.2) is 19.5 Å². The Labute approximate surface area is 87.9 Å². The number of carbonyl (C=O) groups excluding carboxylic acids is 1. The van der Waals surface area contributed by atoms with E-state index in [9.17, 15) is 4.79 Å². The van der Waals surface area contributed by atoms with E-state index < -0.39 is 5.91 Å². The molecule has 5 heteroatoms. The number of hydrogen-bond acceptors (Lipinski definition) is 4. The van der Waals surface area contributed by atoms with Crippen LogP contribution in [0.15, 0.2) is 18.2 Å². The number of nitriles is 1. The van der Waals surface area contributed by atoms with Crippen LogP contribution in [0.25, 0.3) is 0 Å². The molecule has 0 saturated heterocycles. The van der Waals surface area contributed by atoms with Crippen molar-refractivity contribution in [2.75, 3.05) is 24.2 Å². The van der Waals surface area contributed by atoms with Gasteiger partial charge < -0.3 is 16.4 Å². The Morgan fingerprint density at radius 1 is 1.60 bits per heavy atom. The molecule has 1 aromatic carbocycles. The predicted octanol–water partition coefficient (Wildman–Crippen LogP) is 0.0620. The van der Waals surface area contributed by atoms with Crippen LogP contribution in [0.4, 0.5) is 11.4 Å². The maximum atomic E-state index is 10.7. The summed E-state index contributed by atoms with van der Waals surface area (Å²) in [4.78, 5) is 12.3. The number of primary amides is 1. The van der Waals surface area contributed by atoms with Gasteiger partial charge in [0.1, 0.15) is 6.07 Å². The van der Waals surface area contributed by atoms with Gasteiger partial charge in [0, 0.05) is 12.7 Å². The quantitative estimate of drug-likeness (QED) is 0.680. The van der Waals surface area contributed by atoms with Gasteiger partial charge in [0.15, 0.2) is 0 Å². The van der Waals surface area contributed by atoms with Crippen LogP contribution in [0.3, 0.4) is 0 Å². The van der Waals surface area contributed by atoms with E-state index in [4.69, 9.17) is 16.7 Å². The van der Waals surface area contributed by atoms with Gasteiger partial charge in [0.2, 0.25) is 5.91 Å². The predicted molar refractivity (Wildman–Crippen MR) is 58.0 cm³/mol. The molecule has 0 bridgehead atoms. The van der Waals surface area contributed by atoms with E-state index >= 15 is 0 Å². The first-order valence-corrected chi connectivity index (χ1v) is 4.33. The largest absolute Gasteiger partial charge is 0.399 e. The zero-order valence-electron chi connectivity index (χ0n) is 8.40. The Morgan fingerprint density at radius 3 is 2.80 bits per heavy atom. The molecule has 4 N–H and O–H groups in total. The molecule has 0 atom stereocenters. The number of nitrogen functional groups attached to an aromatic ring is 1. The summed E-state index contributed by atoms with van der Waals surface area (Å²) >= 11 is 0. The lowest BCUT2D eigenvalue weighted by atomic mass is 10.1. The number of hydrogen-bond donors (Lipinski definition) is 2. The van der Waals surface area contributed by atoms with E-state index in [1.807, 2.05) is 6.07 Å². The number of rotatable bonds is 3. The van der Waals surface area contributed by atoms with E-state index in [1.165, 1.54) is 0 Å². The molecule has 0 saturated carbocycles. The molecule has 0 fully saturated rings. The van der Waals surface area contributed by atoms with Crippen LogP contribution < -0.4 is 16.4 Å². The summed E-state index contributed by atoms with van der Waals surface area (Å²) < 4.78 is 0. The number of anilines is 2. The second-order valence-electron chi connectivity index (χ2n) is 3.21. The van der Waals surface area contributed by atoms with Gasteiger partial charge in [-0.25, -0.2) is 0 Å². The van der Waals surface area contributed by atoms with Crippen LogP contribution in [-0.2, 0) is 4.79 Å². The van der Waals surface area contributed by atoms with Gasteiger partial charge in [0.25, 0.3) is 0 Å². The molecule has 0 aliphatic heterocycles. The molecule has 0 aliphatic carbocycles. The first-order chi connectivity index (χ1) is 7.04. The molecule has 1 aromatic rings. The molecule has 0 aliphatic rings. The minimum absolute atomic E-state index is 0.0681. The lowest BCUT2D eigenvalue weighted by molar-refractivity contribution is -0.116. The van der Waals surface area contributed by atoms with Gasteiger partial charge in [-0.2, -0.15) is 5.26 Å². The third kappa shape index (κ3) is 2.61. The topological polar surface area (TPSA) is 96.1 Å². The fourth-order valence-corrected chi connectivity index (χ4v) is 1.30. The summed E-state index contributed by atoms with van der Waals surface area (Å²) in [6.45, 7) is 0.0681. The molecule has 1 amide bonds. The van der Waals surface area contributed by atoms with Gasteiger partial charge in [-0.05, 0) is 18.2 Å². The van der Waals surface area contributed by atoms with Crippen LogP contribution in [0.5, 0.6) is 0 Å². The average molecular weight is 204 g/mol. The Hall–Kier alpha value is -2.22. The van der Waals surface area contributed by atoms with Crippen LogP contribution >= 0.6 is 0 Å². The summed E-state index contributed by atoms with van der Waals surface area (Å²) in [5.74, 6) is -0.446. The fraction of sp³-hybridized carbons (Fsp3) is 0.200. The molecule has 5 nitrogen and oxygen atoms in total. The van der Waals surface area contributed by atoms with Crippen LogP contribution in [0.2, 0.25) is 0 Å². The molecule has 15 heavy (non-hydrogen) atoms. The van der Waals surface area contributed by atoms with Crippen LogP contribution in [0.1, 0.15) is 5.56 Å². The van der Waals surface area contributed by atoms with Crippen molar-refractivity contribution >= 4 is 17.3 Å². The number of benzene rings is 1. The van der Waals surface area contributed by atoms with E-state index in [0.717, 1.165) is 0 Å². The maximum absolute atomic E-state index is 10.7. The zero-order chi connectivity index (χ0) is 11.4. The zero-order valence-corrected chi connectivity index (χ0v) is 8.40. The summed E-state index contributed by atoms with van der Waals surface area (Å²) in [7, 11) is 1.69. The number of carbonyl (C=O) groups is 1. The van der Waals surface area contributed by atoms with Crippen molar-refractivity contribution in [3.8, 4) is 6.07 Å². The highest BCUT2D eigenvalue weighted by Gasteiger charge is 2.09. The van der Waals surface area contributed by atoms with E-state index in [1.54, 1.807) is 30.1 Å². The molecular weight excluding hydrogens is 192 g/mol. The van der Waals surface area contributed by atoms with E-state index in [2.05, 4.69) is 0 Å². The molecule has 0 unspecified atom stereocenters. The second kappa shape index (κ2) is 4.33. The smallest absolute Gasteiger partial charge is 0.236 e. The molecule has 0 aromatic heterocycles. The van der Waals surface area contributed by atoms with Crippen molar-refractivity contribution in [3.63, 3.8) is 0 Å². The van der Waals surface area contributed by atoms with Crippen molar-refractivity contribution in [2.45, 2.75) is 0 Å². The Morgan fingerprint density at radius 2 is 2.27 bits per heavy atom. The standard InChI is InChI=1S/C10H12N4O/c1-14(6-10(13)15)9-3-2-8(12)4-7(9)5-11/h2-4H,6,12H2,1H3,(H2,13,15). The van der Waals surface area contributed by atoms with Crippen molar-refractivity contribution in [1.82, 2.24) is 0 Å². The SMILES string of the molecule is CN(CC(N)=O)c1ccc(N)cc1C#N. The van der Waals surface area contributed by atoms with Crippen molar-refractivity contribution < 1.29 is 4.79 Å². The number of nitrogens with zero attached hydrogens (tertiary/aromatic N) is 2. The molecule has 1 rings (SSSR count). The monoisotopic (exact) mass is 204 g/mol. The van der Waals surface area contributed by atoms with Crippen LogP contribution in [0, 0.1) is 11.3 Å².